The summed E-state index contributed by atoms with van der Waals surface area (Å²) in [5, 5.41) is 2.00. The van der Waals surface area contributed by atoms with E-state index >= 15 is 0 Å². The van der Waals surface area contributed by atoms with Crippen LogP contribution in [-0.4, -0.2) is 5.78 Å². The second kappa shape index (κ2) is 5.47. The molecule has 0 aliphatic rings. The Morgan fingerprint density at radius 3 is 2.79 bits per heavy atom. The standard InChI is InChI=1S/C11H13BrOS/c1-3-8(4-2)11(13)6-10-5-9(12)7-14-10/h3,5,7H,4,6H2,1-2H3. The number of hydrogen-bond acceptors (Lipinski definition) is 2. The number of carbonyl (C=O) groups excluding carboxylic acids is 1. The first-order valence-electron chi connectivity index (χ1n) is 4.58. The van der Waals surface area contributed by atoms with Crippen LogP contribution in [0.4, 0.5) is 0 Å². The number of hydrogen-bond donors (Lipinski definition) is 0. The van der Waals surface area contributed by atoms with Crippen LogP contribution < -0.4 is 0 Å². The van der Waals surface area contributed by atoms with E-state index in [1.54, 1.807) is 11.3 Å². The molecule has 0 atom stereocenters. The quantitative estimate of drug-likeness (QED) is 0.758. The minimum atomic E-state index is 0.240. The molecule has 0 amide bonds. The van der Waals surface area contributed by atoms with E-state index in [1.165, 1.54) is 0 Å². The van der Waals surface area contributed by atoms with Crippen molar-refractivity contribution >= 4 is 33.0 Å². The fourth-order valence-corrected chi connectivity index (χ4v) is 2.73. The average Bonchev–Trinajstić information content (AvgIpc) is 2.53. The van der Waals surface area contributed by atoms with Crippen molar-refractivity contribution < 1.29 is 4.79 Å². The monoisotopic (exact) mass is 272 g/mol. The molecule has 3 heteroatoms. The molecular formula is C11H13BrOS. The molecule has 0 radical (unpaired) electrons. The van der Waals surface area contributed by atoms with Gasteiger partial charge in [-0.3, -0.25) is 4.79 Å². The van der Waals surface area contributed by atoms with Gasteiger partial charge in [0.2, 0.25) is 0 Å². The van der Waals surface area contributed by atoms with E-state index in [9.17, 15) is 4.79 Å². The van der Waals surface area contributed by atoms with Gasteiger partial charge in [0, 0.05) is 21.2 Å². The van der Waals surface area contributed by atoms with Crippen molar-refractivity contribution in [3.8, 4) is 0 Å². The summed E-state index contributed by atoms with van der Waals surface area (Å²) in [6, 6.07) is 2.01. The van der Waals surface area contributed by atoms with Gasteiger partial charge in [0.1, 0.15) is 0 Å². The lowest BCUT2D eigenvalue weighted by molar-refractivity contribution is -0.115. The lowest BCUT2D eigenvalue weighted by Gasteiger charge is -2.00. The molecular weight excluding hydrogens is 260 g/mol. The van der Waals surface area contributed by atoms with E-state index in [4.69, 9.17) is 0 Å². The Hall–Kier alpha value is -0.410. The number of rotatable bonds is 4. The van der Waals surface area contributed by atoms with Crippen LogP contribution in [0.25, 0.3) is 0 Å². The van der Waals surface area contributed by atoms with E-state index in [-0.39, 0.29) is 5.78 Å². The molecule has 1 aromatic heterocycles. The molecule has 0 bridgehead atoms. The Morgan fingerprint density at radius 2 is 2.36 bits per heavy atom. The molecule has 14 heavy (non-hydrogen) atoms. The van der Waals surface area contributed by atoms with Gasteiger partial charge in [0.25, 0.3) is 0 Å². The maximum Gasteiger partial charge on any atom is 0.163 e. The van der Waals surface area contributed by atoms with Crippen LogP contribution >= 0.6 is 27.3 Å². The van der Waals surface area contributed by atoms with Crippen molar-refractivity contribution in [1.82, 2.24) is 0 Å². The Balaban J connectivity index is 2.66. The Bertz CT molecular complexity index is 352. The van der Waals surface area contributed by atoms with Crippen molar-refractivity contribution in [3.05, 3.63) is 32.4 Å². The largest absolute Gasteiger partial charge is 0.294 e. The molecule has 1 heterocycles. The van der Waals surface area contributed by atoms with Gasteiger partial charge in [0.05, 0.1) is 0 Å². The van der Waals surface area contributed by atoms with Gasteiger partial charge < -0.3 is 0 Å². The molecule has 0 spiro atoms. The number of carbonyl (C=O) groups is 1. The van der Waals surface area contributed by atoms with Crippen LogP contribution in [0.15, 0.2) is 27.6 Å². The van der Waals surface area contributed by atoms with Crippen LogP contribution in [0.5, 0.6) is 0 Å². The zero-order valence-electron chi connectivity index (χ0n) is 8.34. The summed E-state index contributed by atoms with van der Waals surface area (Å²) in [6.45, 7) is 3.93. The van der Waals surface area contributed by atoms with Gasteiger partial charge in [-0.05, 0) is 40.9 Å². The predicted molar refractivity (Wildman–Crippen MR) is 64.8 cm³/mol. The topological polar surface area (TPSA) is 17.1 Å². The second-order valence-electron chi connectivity index (χ2n) is 3.00. The summed E-state index contributed by atoms with van der Waals surface area (Å²) < 4.78 is 1.06. The highest BCUT2D eigenvalue weighted by Crippen LogP contribution is 2.21. The molecule has 76 valence electrons. The first kappa shape index (κ1) is 11.7. The van der Waals surface area contributed by atoms with E-state index in [0.29, 0.717) is 6.42 Å². The van der Waals surface area contributed by atoms with Gasteiger partial charge in [0.15, 0.2) is 5.78 Å². The highest BCUT2D eigenvalue weighted by molar-refractivity contribution is 9.10. The van der Waals surface area contributed by atoms with Crippen LogP contribution in [0.3, 0.4) is 0 Å². The van der Waals surface area contributed by atoms with Gasteiger partial charge in [-0.25, -0.2) is 0 Å². The van der Waals surface area contributed by atoms with Crippen molar-refractivity contribution in [2.45, 2.75) is 26.7 Å². The molecule has 0 aliphatic heterocycles. The fraction of sp³-hybridized carbons (Fsp3) is 0.364. The summed E-state index contributed by atoms with van der Waals surface area (Å²) in [4.78, 5) is 12.8. The predicted octanol–water partition coefficient (Wildman–Crippen LogP) is 3.98. The minimum absolute atomic E-state index is 0.240. The number of Topliss-reactive ketones (excluding diaryl/α,β-unsaturated/α-hetero) is 1. The maximum absolute atomic E-state index is 11.7. The zero-order chi connectivity index (χ0) is 10.6. The normalized spacial score (nSPS) is 11.8. The summed E-state index contributed by atoms with van der Waals surface area (Å²) in [6.07, 6.45) is 3.26. The lowest BCUT2D eigenvalue weighted by Crippen LogP contribution is -2.04. The number of ketones is 1. The Morgan fingerprint density at radius 1 is 1.64 bits per heavy atom. The Kier molecular flexibility index (Phi) is 4.55. The fourth-order valence-electron chi connectivity index (χ4n) is 1.28. The summed E-state index contributed by atoms with van der Waals surface area (Å²) in [5.41, 5.74) is 0.925. The molecule has 1 aromatic rings. The number of thiophene rings is 1. The van der Waals surface area contributed by atoms with Crippen LogP contribution in [0, 0.1) is 0 Å². The van der Waals surface area contributed by atoms with Crippen molar-refractivity contribution in [1.29, 1.82) is 0 Å². The summed E-state index contributed by atoms with van der Waals surface area (Å²) in [5.74, 6) is 0.240. The summed E-state index contributed by atoms with van der Waals surface area (Å²) in [7, 11) is 0. The minimum Gasteiger partial charge on any atom is -0.294 e. The van der Waals surface area contributed by atoms with Crippen molar-refractivity contribution in [3.63, 3.8) is 0 Å². The first-order valence-corrected chi connectivity index (χ1v) is 6.26. The second-order valence-corrected chi connectivity index (χ2v) is 4.91. The SMILES string of the molecule is CC=C(CC)C(=O)Cc1cc(Br)cs1. The van der Waals surface area contributed by atoms with Gasteiger partial charge in [-0.15, -0.1) is 11.3 Å². The molecule has 0 saturated heterocycles. The van der Waals surface area contributed by atoms with Crippen molar-refractivity contribution in [2.24, 2.45) is 0 Å². The van der Waals surface area contributed by atoms with E-state index in [2.05, 4.69) is 15.9 Å². The van der Waals surface area contributed by atoms with Gasteiger partial charge in [-0.1, -0.05) is 13.0 Å². The molecule has 1 rings (SSSR count). The van der Waals surface area contributed by atoms with Crippen molar-refractivity contribution in [2.75, 3.05) is 0 Å². The number of halogens is 1. The average molecular weight is 273 g/mol. The molecule has 0 saturated carbocycles. The number of allylic oxidation sites excluding steroid dienone is 2. The third-order valence-electron chi connectivity index (χ3n) is 2.04. The highest BCUT2D eigenvalue weighted by atomic mass is 79.9. The van der Waals surface area contributed by atoms with Crippen LogP contribution in [0.1, 0.15) is 25.1 Å². The molecule has 0 aromatic carbocycles. The first-order chi connectivity index (χ1) is 6.67. The summed E-state index contributed by atoms with van der Waals surface area (Å²) >= 11 is 5.00. The molecule has 0 fully saturated rings. The molecule has 0 N–H and O–H groups in total. The third kappa shape index (κ3) is 3.07. The van der Waals surface area contributed by atoms with Crippen LogP contribution in [-0.2, 0) is 11.2 Å². The third-order valence-corrected chi connectivity index (χ3v) is 3.74. The van der Waals surface area contributed by atoms with Crippen LogP contribution in [0.2, 0.25) is 0 Å². The van der Waals surface area contributed by atoms with E-state index < -0.39 is 0 Å². The van der Waals surface area contributed by atoms with Gasteiger partial charge in [-0.2, -0.15) is 0 Å². The maximum atomic E-state index is 11.7. The van der Waals surface area contributed by atoms with Gasteiger partial charge >= 0.3 is 0 Å². The Labute approximate surface area is 97.0 Å². The lowest BCUT2D eigenvalue weighted by atomic mass is 10.1. The molecule has 0 aliphatic carbocycles. The smallest absolute Gasteiger partial charge is 0.163 e. The van der Waals surface area contributed by atoms with E-state index in [1.807, 2.05) is 31.4 Å². The molecule has 1 nitrogen and oxygen atoms in total. The van der Waals surface area contributed by atoms with E-state index in [0.717, 1.165) is 21.3 Å². The highest BCUT2D eigenvalue weighted by Gasteiger charge is 2.08. The zero-order valence-corrected chi connectivity index (χ0v) is 10.7. The molecule has 0 unspecified atom stereocenters.